The van der Waals surface area contributed by atoms with Gasteiger partial charge in [-0.25, -0.2) is 9.37 Å². The van der Waals surface area contributed by atoms with E-state index in [1.165, 1.54) is 7.11 Å². The molecule has 9 heteroatoms. The van der Waals surface area contributed by atoms with Gasteiger partial charge in [0, 0.05) is 63.9 Å². The summed E-state index contributed by atoms with van der Waals surface area (Å²) >= 11 is 0. The topological polar surface area (TPSA) is 96.9 Å². The summed E-state index contributed by atoms with van der Waals surface area (Å²) in [4.78, 5) is 30.4. The maximum Gasteiger partial charge on any atom is 0.260 e. The quantitative estimate of drug-likeness (QED) is 0.532. The Morgan fingerprint density at radius 2 is 1.94 bits per heavy atom. The van der Waals surface area contributed by atoms with Crippen molar-refractivity contribution in [1.82, 2.24) is 19.8 Å². The Labute approximate surface area is 193 Å². The maximum absolute atomic E-state index is 15.7. The predicted molar refractivity (Wildman–Crippen MR) is 124 cm³/mol. The zero-order valence-corrected chi connectivity index (χ0v) is 19.0. The van der Waals surface area contributed by atoms with E-state index in [0.29, 0.717) is 51.4 Å². The van der Waals surface area contributed by atoms with Crippen LogP contribution in [0.5, 0.6) is 0 Å². The molecule has 0 spiro atoms. The van der Waals surface area contributed by atoms with Crippen molar-refractivity contribution < 1.29 is 14.0 Å². The highest BCUT2D eigenvalue weighted by Gasteiger charge is 2.45. The second-order valence-electron chi connectivity index (χ2n) is 8.77. The maximum atomic E-state index is 15.7. The first-order chi connectivity index (χ1) is 16.0. The number of aromatic nitrogens is 2. The number of amides is 1. The highest BCUT2D eigenvalue weighted by Crippen LogP contribution is 2.32. The number of nitrogen functional groups attached to an aromatic ring is 1. The van der Waals surface area contributed by atoms with Gasteiger partial charge in [-0.05, 0) is 42.7 Å². The summed E-state index contributed by atoms with van der Waals surface area (Å²) in [7, 11) is 1.52. The van der Waals surface area contributed by atoms with Crippen LogP contribution in [-0.4, -0.2) is 70.3 Å². The summed E-state index contributed by atoms with van der Waals surface area (Å²) in [5.74, 6) is 0.218. The second-order valence-corrected chi connectivity index (χ2v) is 8.77. The van der Waals surface area contributed by atoms with Crippen LogP contribution in [-0.2, 0) is 16.2 Å². The number of oxime groups is 1. The molecule has 2 aromatic heterocycles. The Morgan fingerprint density at radius 1 is 1.18 bits per heavy atom. The third kappa shape index (κ3) is 5.47. The molecule has 2 aliphatic heterocycles. The number of hydrogen-bond donors (Lipinski definition) is 1. The average Bonchev–Trinajstić information content (AvgIpc) is 2.84. The number of carbonyl (C=O) groups is 1. The van der Waals surface area contributed by atoms with Crippen LogP contribution in [0.2, 0.25) is 0 Å². The van der Waals surface area contributed by atoms with E-state index in [-0.39, 0.29) is 24.7 Å². The van der Waals surface area contributed by atoms with E-state index >= 15 is 4.39 Å². The molecular formula is C24H31FN6O2. The van der Waals surface area contributed by atoms with Crippen molar-refractivity contribution in [2.24, 2.45) is 11.1 Å². The van der Waals surface area contributed by atoms with Gasteiger partial charge >= 0.3 is 0 Å². The minimum Gasteiger partial charge on any atom is -0.399 e. The van der Waals surface area contributed by atoms with E-state index in [9.17, 15) is 4.79 Å². The second kappa shape index (κ2) is 10.2. The van der Waals surface area contributed by atoms with Gasteiger partial charge < -0.3 is 15.5 Å². The van der Waals surface area contributed by atoms with Gasteiger partial charge in [-0.3, -0.25) is 14.7 Å². The highest BCUT2D eigenvalue weighted by molar-refractivity contribution is 6.00. The Hall–Kier alpha value is -3.07. The summed E-state index contributed by atoms with van der Waals surface area (Å²) in [6.07, 6.45) is 5.22. The minimum atomic E-state index is -1.80. The Morgan fingerprint density at radius 3 is 2.58 bits per heavy atom. The number of pyridine rings is 2. The molecule has 0 unspecified atom stereocenters. The van der Waals surface area contributed by atoms with Gasteiger partial charge in [0.2, 0.25) is 0 Å². The van der Waals surface area contributed by atoms with Crippen molar-refractivity contribution in [1.29, 1.82) is 0 Å². The summed E-state index contributed by atoms with van der Waals surface area (Å²) < 4.78 is 15.7. The van der Waals surface area contributed by atoms with Gasteiger partial charge in [0.1, 0.15) is 18.6 Å². The average molecular weight is 455 g/mol. The molecule has 33 heavy (non-hydrogen) atoms. The lowest BCUT2D eigenvalue weighted by Gasteiger charge is -2.40. The number of piperidine rings is 2. The van der Waals surface area contributed by atoms with Gasteiger partial charge in [0.05, 0.1) is 5.69 Å². The molecule has 2 N–H and O–H groups in total. The molecular weight excluding hydrogens is 423 g/mol. The molecule has 2 fully saturated rings. The van der Waals surface area contributed by atoms with E-state index in [0.717, 1.165) is 17.0 Å². The van der Waals surface area contributed by atoms with Crippen LogP contribution >= 0.6 is 0 Å². The van der Waals surface area contributed by atoms with Crippen molar-refractivity contribution in [3.63, 3.8) is 0 Å². The van der Waals surface area contributed by atoms with Crippen LogP contribution in [0.25, 0.3) is 0 Å². The molecule has 0 bridgehead atoms. The Kier molecular flexibility index (Phi) is 7.17. The number of nitrogens with zero attached hydrogens (tertiary/aromatic N) is 5. The molecule has 1 amide bonds. The fourth-order valence-corrected chi connectivity index (χ4v) is 4.71. The van der Waals surface area contributed by atoms with E-state index in [1.54, 1.807) is 17.3 Å². The fraction of sp³-hybridized carbons (Fsp3) is 0.500. The van der Waals surface area contributed by atoms with E-state index in [4.69, 9.17) is 10.6 Å². The summed E-state index contributed by atoms with van der Waals surface area (Å²) in [6, 6.07) is 9.41. The molecule has 0 aromatic carbocycles. The standard InChI is InChI=1S/C24H31FN6O2/c1-33-29-22(20-4-2-3-10-27-20)19-6-12-31(13-7-19)23(32)24(25)8-14-30(15-9-24)17-18-5-11-28-21(26)16-18/h2-5,10-11,16,19H,6-9,12-15,17H2,1H3,(H2,26,28). The predicted octanol–water partition coefficient (Wildman–Crippen LogP) is 2.65. The lowest BCUT2D eigenvalue weighted by atomic mass is 9.87. The molecule has 4 heterocycles. The molecule has 0 saturated carbocycles. The number of likely N-dealkylation sites (tertiary alicyclic amines) is 2. The summed E-state index contributed by atoms with van der Waals surface area (Å²) in [6.45, 7) is 2.75. The zero-order chi connectivity index (χ0) is 23.3. The lowest BCUT2D eigenvalue weighted by molar-refractivity contribution is -0.148. The van der Waals surface area contributed by atoms with Crippen molar-refractivity contribution in [3.05, 3.63) is 54.0 Å². The fourth-order valence-electron chi connectivity index (χ4n) is 4.71. The number of carbonyl (C=O) groups excluding carboxylic acids is 1. The van der Waals surface area contributed by atoms with Crippen molar-refractivity contribution in [2.75, 3.05) is 39.0 Å². The highest BCUT2D eigenvalue weighted by atomic mass is 19.1. The van der Waals surface area contributed by atoms with Crippen LogP contribution in [0, 0.1) is 5.92 Å². The van der Waals surface area contributed by atoms with Gasteiger partial charge in [-0.15, -0.1) is 0 Å². The van der Waals surface area contributed by atoms with Crippen LogP contribution in [0.1, 0.15) is 36.9 Å². The minimum absolute atomic E-state index is 0.120. The number of alkyl halides is 1. The molecule has 2 saturated heterocycles. The summed E-state index contributed by atoms with van der Waals surface area (Å²) in [5.41, 5.74) is 6.55. The smallest absolute Gasteiger partial charge is 0.260 e. The number of anilines is 1. The molecule has 8 nitrogen and oxygen atoms in total. The van der Waals surface area contributed by atoms with E-state index in [1.807, 2.05) is 30.3 Å². The normalized spacial score (nSPS) is 19.9. The SMILES string of the molecule is CON=C(c1ccccn1)C1CCN(C(=O)C2(F)CCN(Cc3ccnc(N)c3)CC2)CC1. The first kappa shape index (κ1) is 23.1. The van der Waals surface area contributed by atoms with Crippen LogP contribution in [0.15, 0.2) is 47.9 Å². The molecule has 2 aromatic rings. The molecule has 0 radical (unpaired) electrons. The lowest BCUT2D eigenvalue weighted by Crippen LogP contribution is -2.54. The van der Waals surface area contributed by atoms with Crippen molar-refractivity contribution >= 4 is 17.4 Å². The largest absolute Gasteiger partial charge is 0.399 e. The van der Waals surface area contributed by atoms with E-state index in [2.05, 4.69) is 20.0 Å². The van der Waals surface area contributed by atoms with Gasteiger partial charge in [0.25, 0.3) is 5.91 Å². The van der Waals surface area contributed by atoms with Crippen LogP contribution in [0.3, 0.4) is 0 Å². The molecule has 4 rings (SSSR count). The van der Waals surface area contributed by atoms with Crippen LogP contribution < -0.4 is 5.73 Å². The first-order valence-corrected chi connectivity index (χ1v) is 11.4. The third-order valence-electron chi connectivity index (χ3n) is 6.57. The first-order valence-electron chi connectivity index (χ1n) is 11.4. The van der Waals surface area contributed by atoms with E-state index < -0.39 is 5.67 Å². The third-order valence-corrected chi connectivity index (χ3v) is 6.57. The summed E-state index contributed by atoms with van der Waals surface area (Å²) in [5, 5.41) is 4.20. The molecule has 0 atom stereocenters. The number of halogens is 1. The van der Waals surface area contributed by atoms with Crippen molar-refractivity contribution in [3.8, 4) is 0 Å². The number of rotatable bonds is 6. The monoisotopic (exact) mass is 454 g/mol. The number of nitrogens with two attached hydrogens (primary N) is 1. The number of hydrogen-bond acceptors (Lipinski definition) is 7. The van der Waals surface area contributed by atoms with Crippen molar-refractivity contribution in [2.45, 2.75) is 37.9 Å². The Balaban J connectivity index is 1.31. The molecule has 0 aliphatic carbocycles. The zero-order valence-electron chi connectivity index (χ0n) is 19.0. The van der Waals surface area contributed by atoms with Gasteiger partial charge in [0.15, 0.2) is 5.67 Å². The van der Waals surface area contributed by atoms with Crippen LogP contribution in [0.4, 0.5) is 10.2 Å². The molecule has 176 valence electrons. The van der Waals surface area contributed by atoms with Gasteiger partial charge in [-0.2, -0.15) is 0 Å². The Bertz CT molecular complexity index is 970. The van der Waals surface area contributed by atoms with Gasteiger partial charge in [-0.1, -0.05) is 11.2 Å². The molecule has 2 aliphatic rings.